The molecule has 0 aromatic carbocycles. The van der Waals surface area contributed by atoms with Crippen molar-refractivity contribution in [2.24, 2.45) is 0 Å². The Morgan fingerprint density at radius 3 is 1.13 bits per heavy atom. The molecule has 8 aromatic rings. The van der Waals surface area contributed by atoms with Crippen LogP contribution in [0.4, 0.5) is 0 Å². The van der Waals surface area contributed by atoms with Crippen LogP contribution in [0.5, 0.6) is 0 Å². The molecule has 0 saturated carbocycles. The quantitative estimate of drug-likeness (QED) is 0.0249. The number of hydrogen-bond acceptors (Lipinski definition) is 8. The zero-order valence-corrected chi connectivity index (χ0v) is 52.8. The summed E-state index contributed by atoms with van der Waals surface area (Å²) in [5.41, 5.74) is 9.93. The Kier molecular flexibility index (Phi) is 47.1. The first kappa shape index (κ1) is 77.1. The van der Waals surface area contributed by atoms with E-state index in [1.54, 1.807) is 0 Å². The molecule has 0 fully saturated rings. The molecule has 0 saturated heterocycles. The van der Waals surface area contributed by atoms with E-state index in [2.05, 4.69) is 178 Å². The van der Waals surface area contributed by atoms with Crippen molar-refractivity contribution in [2.75, 3.05) is 0 Å². The Bertz CT molecular complexity index is 2450. The summed E-state index contributed by atoms with van der Waals surface area (Å²) in [5, 5.41) is 0. The molecular formula is C72H92Li4N8. The Morgan fingerprint density at radius 2 is 0.667 bits per heavy atom. The van der Waals surface area contributed by atoms with Gasteiger partial charge in [-0.25, -0.2) is 12.8 Å². The predicted molar refractivity (Wildman–Crippen MR) is 334 cm³/mol. The summed E-state index contributed by atoms with van der Waals surface area (Å²) in [4.78, 5) is 34.1. The number of nitrogens with zero attached hydrogens (tertiary/aromatic N) is 8. The standard InChI is InChI=1S/4C18H23N2.4Li/c1-2-3-9-16(18-13-5-7-15-20-18)10-8-12-17-11-4-6-14-19-17;1-2-3-6-17(18-10-14-20-15-11-18)7-4-5-16-8-12-19-13-9-16;1-2-3-4-9-16(18-11-6-8-15-20-18)12-13-17-10-5-7-14-19-17;1-2-3-4-5-17(18-10-14-20-15-11-18)7-6-16-8-12-19-13-9-16;;;;/h4-7,11-16H,2-3,8-10H2,1H3;5,8-15,17H,2-4,6-7H2,1H3;5-8,10-11,13-16H,2-4,9,12H2,1H3;6,8-15,17H,2-5,7H2,1H3;;;;/q4*-1;4*+1. The Balaban J connectivity index is 0.000000551. The molecule has 8 heterocycles. The molecule has 0 aliphatic heterocycles. The summed E-state index contributed by atoms with van der Waals surface area (Å²) in [5.74, 6) is 2.31. The minimum absolute atomic E-state index is 0. The minimum atomic E-state index is 0. The Hall–Kier alpha value is -4.93. The fraction of sp³-hybridized carbons (Fsp3) is 0.389. The minimum Gasteiger partial charge on any atom is -0.295 e. The summed E-state index contributed by atoms with van der Waals surface area (Å²) in [6.07, 6.45) is 55.9. The smallest absolute Gasteiger partial charge is 0.295 e. The van der Waals surface area contributed by atoms with Gasteiger partial charge < -0.3 is 0 Å². The fourth-order valence-electron chi connectivity index (χ4n) is 9.83. The number of pyridine rings is 8. The van der Waals surface area contributed by atoms with Gasteiger partial charge in [0, 0.05) is 66.9 Å². The molecule has 4 unspecified atom stereocenters. The average molecular weight is 1100 g/mol. The van der Waals surface area contributed by atoms with E-state index in [0.29, 0.717) is 23.7 Å². The van der Waals surface area contributed by atoms with E-state index in [9.17, 15) is 0 Å². The Morgan fingerprint density at radius 1 is 0.298 bits per heavy atom. The monoisotopic (exact) mass is 1100 g/mol. The zero-order chi connectivity index (χ0) is 56.2. The largest absolute Gasteiger partial charge is 1.00 e. The van der Waals surface area contributed by atoms with Gasteiger partial charge in [0.05, 0.1) is 0 Å². The maximum Gasteiger partial charge on any atom is 1.00 e. The predicted octanol–water partition coefficient (Wildman–Crippen LogP) is 7.15. The van der Waals surface area contributed by atoms with Gasteiger partial charge in [0.15, 0.2) is 0 Å². The molecule has 0 amide bonds. The number of unbranched alkanes of at least 4 members (excludes halogenated alkanes) is 6. The van der Waals surface area contributed by atoms with Crippen molar-refractivity contribution in [1.82, 2.24) is 39.9 Å². The van der Waals surface area contributed by atoms with Crippen LogP contribution in [0.25, 0.3) is 0 Å². The third-order valence-electron chi connectivity index (χ3n) is 14.5. The number of hydrogen-bond donors (Lipinski definition) is 0. The maximum atomic E-state index is 4.53. The fourth-order valence-corrected chi connectivity index (χ4v) is 9.83. The van der Waals surface area contributed by atoms with Crippen molar-refractivity contribution in [3.05, 3.63) is 266 Å². The molecule has 424 valence electrons. The van der Waals surface area contributed by atoms with Crippen molar-refractivity contribution in [1.29, 1.82) is 0 Å². The second-order valence-electron chi connectivity index (χ2n) is 20.6. The van der Waals surface area contributed by atoms with Crippen LogP contribution in [0, 0.1) is 25.7 Å². The van der Waals surface area contributed by atoms with E-state index >= 15 is 0 Å². The summed E-state index contributed by atoms with van der Waals surface area (Å²) in [6, 6.07) is 41.4. The van der Waals surface area contributed by atoms with Gasteiger partial charge in [0.25, 0.3) is 0 Å². The van der Waals surface area contributed by atoms with Crippen LogP contribution in [0.15, 0.2) is 196 Å². The van der Waals surface area contributed by atoms with Crippen LogP contribution >= 0.6 is 0 Å². The number of aromatic nitrogens is 8. The van der Waals surface area contributed by atoms with E-state index in [-0.39, 0.29) is 75.4 Å². The molecule has 4 atom stereocenters. The number of rotatable bonds is 32. The molecule has 8 nitrogen and oxygen atoms in total. The van der Waals surface area contributed by atoms with E-state index in [1.165, 1.54) is 130 Å². The molecule has 84 heavy (non-hydrogen) atoms. The van der Waals surface area contributed by atoms with Gasteiger partial charge in [-0.1, -0.05) is 166 Å². The van der Waals surface area contributed by atoms with Crippen LogP contribution in [0.2, 0.25) is 0 Å². The van der Waals surface area contributed by atoms with Gasteiger partial charge >= 0.3 is 75.4 Å². The van der Waals surface area contributed by atoms with Gasteiger partial charge in [-0.2, -0.15) is 36.1 Å². The third kappa shape index (κ3) is 33.7. The summed E-state index contributed by atoms with van der Waals surface area (Å²) in [7, 11) is 0. The average Bonchev–Trinajstić information content (AvgIpc) is 3.53. The maximum absolute atomic E-state index is 4.53. The molecule has 8 rings (SSSR count). The normalized spacial score (nSPS) is 11.5. The van der Waals surface area contributed by atoms with Crippen molar-refractivity contribution in [3.63, 3.8) is 0 Å². The molecule has 0 aliphatic rings. The SMILES string of the molecule is CCCCC(CC[CH-]c1ccccn1)c1ccccn1.CCCCC(CC[CH-]c1ccncc1)c1ccncc1.CCCCCC(C[CH-]c1ccccn1)c1ccccn1.CCCCCC(C[CH-]c1ccncc1)c1ccncc1.[Li+].[Li+].[Li+].[Li+]. The van der Waals surface area contributed by atoms with E-state index in [4.69, 9.17) is 0 Å². The van der Waals surface area contributed by atoms with Gasteiger partial charge in [0.1, 0.15) is 0 Å². The third-order valence-corrected chi connectivity index (χ3v) is 14.5. The molecule has 0 spiro atoms. The molecular weight excluding hydrogens is 1000 g/mol. The van der Waals surface area contributed by atoms with E-state index in [1.807, 2.05) is 111 Å². The molecule has 0 bridgehead atoms. The van der Waals surface area contributed by atoms with Crippen LogP contribution in [0.1, 0.15) is 225 Å². The summed E-state index contributed by atoms with van der Waals surface area (Å²) >= 11 is 0. The summed E-state index contributed by atoms with van der Waals surface area (Å²) in [6.45, 7) is 9.00. The first-order valence-corrected chi connectivity index (χ1v) is 30.2. The van der Waals surface area contributed by atoms with Gasteiger partial charge in [-0.15, -0.1) is 36.4 Å². The summed E-state index contributed by atoms with van der Waals surface area (Å²) < 4.78 is 0. The van der Waals surface area contributed by atoms with Crippen LogP contribution in [-0.4, -0.2) is 39.9 Å². The van der Waals surface area contributed by atoms with Crippen LogP contribution in [-0.2, 0) is 0 Å². The van der Waals surface area contributed by atoms with Crippen molar-refractivity contribution in [3.8, 4) is 0 Å². The first-order valence-electron chi connectivity index (χ1n) is 30.2. The van der Waals surface area contributed by atoms with Gasteiger partial charge in [0.2, 0.25) is 0 Å². The first-order chi connectivity index (χ1) is 39.6. The zero-order valence-electron chi connectivity index (χ0n) is 52.8. The molecule has 0 aliphatic carbocycles. The van der Waals surface area contributed by atoms with Crippen LogP contribution < -0.4 is 75.4 Å². The second-order valence-corrected chi connectivity index (χ2v) is 20.6. The molecule has 12 heteroatoms. The van der Waals surface area contributed by atoms with Crippen molar-refractivity contribution < 1.29 is 75.4 Å². The van der Waals surface area contributed by atoms with Gasteiger partial charge in [-0.3, -0.25) is 39.9 Å². The van der Waals surface area contributed by atoms with Crippen molar-refractivity contribution >= 4 is 0 Å². The molecule has 8 aromatic heterocycles. The second kappa shape index (κ2) is 51.3. The molecule has 0 N–H and O–H groups in total. The van der Waals surface area contributed by atoms with E-state index in [0.717, 1.165) is 43.5 Å². The van der Waals surface area contributed by atoms with Crippen molar-refractivity contribution in [2.45, 2.75) is 180 Å². The molecule has 0 radical (unpaired) electrons. The Labute approximate surface area is 556 Å². The topological polar surface area (TPSA) is 103 Å². The van der Waals surface area contributed by atoms with E-state index < -0.39 is 0 Å². The van der Waals surface area contributed by atoms with Crippen LogP contribution in [0.3, 0.4) is 0 Å². The van der Waals surface area contributed by atoms with Gasteiger partial charge in [-0.05, 0) is 128 Å².